The lowest BCUT2D eigenvalue weighted by molar-refractivity contribution is 0.0373. The number of aliphatic hydroxyl groups is 1. The van der Waals surface area contributed by atoms with Crippen molar-refractivity contribution in [2.24, 2.45) is 11.8 Å². The van der Waals surface area contributed by atoms with Crippen molar-refractivity contribution in [1.29, 1.82) is 0 Å². The molecular weight excluding hydrogens is 486 g/mol. The van der Waals surface area contributed by atoms with Crippen molar-refractivity contribution < 1.29 is 23.1 Å². The molecule has 8 nitrogen and oxygen atoms in total. The summed E-state index contributed by atoms with van der Waals surface area (Å²) in [6.45, 7) is 8.00. The molecule has 0 spiro atoms. The summed E-state index contributed by atoms with van der Waals surface area (Å²) in [7, 11) is -2.15. The molecule has 0 fully saturated rings. The molecule has 1 aliphatic heterocycles. The number of thiophene rings is 1. The van der Waals surface area contributed by atoms with Gasteiger partial charge in [0, 0.05) is 37.7 Å². The van der Waals surface area contributed by atoms with Gasteiger partial charge in [-0.15, -0.1) is 11.3 Å². The second-order valence-corrected chi connectivity index (χ2v) is 12.5. The number of fused-ring (bicyclic) bond motifs is 1. The van der Waals surface area contributed by atoms with Crippen LogP contribution >= 0.6 is 11.3 Å². The molecule has 0 radical (unpaired) electrons. The maximum Gasteiger partial charge on any atom is 0.259 e. The van der Waals surface area contributed by atoms with Crippen molar-refractivity contribution in [3.05, 3.63) is 40.9 Å². The maximum absolute atomic E-state index is 13.5. The zero-order valence-corrected chi connectivity index (χ0v) is 22.4. The number of hydrogen-bond donors (Lipinski definition) is 1. The van der Waals surface area contributed by atoms with E-state index in [1.54, 1.807) is 41.6 Å². The standard InChI is InChI=1S/C25H33N3O5S2/c1-17(2)8-6-9-20-12-21-24(26-13-20)33-22(18(3)14-28(25(21)30)19(4)16-29)15-27(5)35(31,32)23-10-7-11-34-23/h7,10-13,17-19,22,29H,8,14-16H2,1-5H3/t18-,19+,22+/m1/s1. The number of hydrogen-bond acceptors (Lipinski definition) is 7. The van der Waals surface area contributed by atoms with Gasteiger partial charge in [0.1, 0.15) is 15.9 Å². The largest absolute Gasteiger partial charge is 0.472 e. The van der Waals surface area contributed by atoms with Gasteiger partial charge in [-0.25, -0.2) is 13.4 Å². The number of nitrogens with zero attached hydrogens (tertiary/aromatic N) is 3. The first kappa shape index (κ1) is 27.1. The van der Waals surface area contributed by atoms with Gasteiger partial charge in [0.2, 0.25) is 5.88 Å². The Kier molecular flexibility index (Phi) is 8.94. The van der Waals surface area contributed by atoms with E-state index in [1.165, 1.54) is 11.4 Å². The Morgan fingerprint density at radius 1 is 1.37 bits per heavy atom. The van der Waals surface area contributed by atoms with Gasteiger partial charge in [-0.2, -0.15) is 4.31 Å². The Bertz CT molecular complexity index is 1190. The van der Waals surface area contributed by atoms with Crippen molar-refractivity contribution in [3.63, 3.8) is 0 Å². The highest BCUT2D eigenvalue weighted by Gasteiger charge is 2.36. The fourth-order valence-electron chi connectivity index (χ4n) is 3.66. The van der Waals surface area contributed by atoms with Gasteiger partial charge in [-0.05, 0) is 30.4 Å². The van der Waals surface area contributed by atoms with E-state index in [0.717, 1.165) is 17.8 Å². The minimum atomic E-state index is -3.67. The molecule has 0 aliphatic carbocycles. The zero-order valence-electron chi connectivity index (χ0n) is 20.8. The molecule has 0 unspecified atom stereocenters. The number of aliphatic hydroxyl groups excluding tert-OH is 1. The predicted octanol–water partition coefficient (Wildman–Crippen LogP) is 3.08. The predicted molar refractivity (Wildman–Crippen MR) is 136 cm³/mol. The molecule has 0 saturated carbocycles. The Balaban J connectivity index is 1.97. The molecule has 1 aliphatic rings. The quantitative estimate of drug-likeness (QED) is 0.565. The van der Waals surface area contributed by atoms with E-state index < -0.39 is 22.2 Å². The second-order valence-electron chi connectivity index (χ2n) is 9.32. The summed E-state index contributed by atoms with van der Waals surface area (Å²) in [6.07, 6.45) is 1.72. The first-order valence-electron chi connectivity index (χ1n) is 11.6. The van der Waals surface area contributed by atoms with Crippen molar-refractivity contribution in [2.45, 2.75) is 50.5 Å². The molecular formula is C25H33N3O5S2. The molecule has 1 N–H and O–H groups in total. The first-order valence-corrected chi connectivity index (χ1v) is 13.9. The number of aromatic nitrogens is 1. The van der Waals surface area contributed by atoms with Crippen molar-refractivity contribution in [3.8, 4) is 17.7 Å². The SMILES string of the molecule is CC(C)CC#Cc1cnc2c(c1)C(=O)N([C@@H](C)CO)C[C@@H](C)[C@H](CN(C)S(=O)(=O)c1cccs1)O2. The number of carbonyl (C=O) groups is 1. The molecule has 190 valence electrons. The lowest BCUT2D eigenvalue weighted by Gasteiger charge is -2.37. The molecule has 3 heterocycles. The molecule has 0 saturated heterocycles. The lowest BCUT2D eigenvalue weighted by atomic mass is 10.00. The number of sulfonamides is 1. The number of carbonyl (C=O) groups excluding carboxylic acids is 1. The Hall–Kier alpha value is -2.45. The molecule has 1 amide bonds. The Morgan fingerprint density at radius 2 is 2.11 bits per heavy atom. The van der Waals surface area contributed by atoms with Gasteiger partial charge in [0.15, 0.2) is 0 Å². The lowest BCUT2D eigenvalue weighted by Crippen LogP contribution is -2.50. The third-order valence-corrected chi connectivity index (χ3v) is 9.06. The van der Waals surface area contributed by atoms with Crippen LogP contribution in [-0.4, -0.2) is 72.5 Å². The minimum absolute atomic E-state index is 0.0774. The highest BCUT2D eigenvalue weighted by molar-refractivity contribution is 7.91. The smallest absolute Gasteiger partial charge is 0.259 e. The number of pyridine rings is 1. The van der Waals surface area contributed by atoms with E-state index in [1.807, 2.05) is 6.92 Å². The molecule has 10 heteroatoms. The van der Waals surface area contributed by atoms with E-state index in [0.29, 0.717) is 18.0 Å². The summed E-state index contributed by atoms with van der Waals surface area (Å²) in [6, 6.07) is 4.50. The fourth-order valence-corrected chi connectivity index (χ4v) is 6.05. The van der Waals surface area contributed by atoms with Crippen LogP contribution in [0.15, 0.2) is 34.0 Å². The third-order valence-electron chi connectivity index (χ3n) is 5.86. The van der Waals surface area contributed by atoms with Gasteiger partial charge in [-0.1, -0.05) is 38.7 Å². The molecule has 3 atom stereocenters. The average Bonchev–Trinajstić information content (AvgIpc) is 3.36. The van der Waals surface area contributed by atoms with Gasteiger partial charge in [0.05, 0.1) is 19.2 Å². The monoisotopic (exact) mass is 519 g/mol. The van der Waals surface area contributed by atoms with Gasteiger partial charge in [0.25, 0.3) is 15.9 Å². The Labute approximate surface area is 212 Å². The fraction of sp³-hybridized carbons (Fsp3) is 0.520. The Morgan fingerprint density at radius 3 is 2.74 bits per heavy atom. The van der Waals surface area contributed by atoms with E-state index in [4.69, 9.17) is 4.74 Å². The summed E-state index contributed by atoms with van der Waals surface area (Å²) in [5, 5.41) is 11.5. The summed E-state index contributed by atoms with van der Waals surface area (Å²) < 4.78 is 33.7. The molecule has 2 aromatic rings. The van der Waals surface area contributed by atoms with E-state index in [9.17, 15) is 18.3 Å². The second kappa shape index (κ2) is 11.5. The molecule has 0 aromatic carbocycles. The van der Waals surface area contributed by atoms with Crippen LogP contribution in [0, 0.1) is 23.7 Å². The summed E-state index contributed by atoms with van der Waals surface area (Å²) >= 11 is 1.16. The van der Waals surface area contributed by atoms with Gasteiger partial charge >= 0.3 is 0 Å². The normalized spacial score (nSPS) is 19.4. The van der Waals surface area contributed by atoms with Crippen LogP contribution in [0.5, 0.6) is 5.88 Å². The van der Waals surface area contributed by atoms with Crippen LogP contribution < -0.4 is 4.74 Å². The zero-order chi connectivity index (χ0) is 25.8. The third kappa shape index (κ3) is 6.41. The summed E-state index contributed by atoms with van der Waals surface area (Å²) in [4.78, 5) is 19.4. The van der Waals surface area contributed by atoms with E-state index in [-0.39, 0.29) is 40.6 Å². The minimum Gasteiger partial charge on any atom is -0.472 e. The number of ether oxygens (including phenoxy) is 1. The van der Waals surface area contributed by atoms with Crippen LogP contribution in [0.3, 0.4) is 0 Å². The summed E-state index contributed by atoms with van der Waals surface area (Å²) in [5.41, 5.74) is 0.850. The van der Waals surface area contributed by atoms with Gasteiger partial charge in [-0.3, -0.25) is 4.79 Å². The maximum atomic E-state index is 13.5. The molecule has 3 rings (SSSR count). The molecule has 2 aromatic heterocycles. The van der Waals surface area contributed by atoms with Gasteiger partial charge < -0.3 is 14.7 Å². The number of likely N-dealkylation sites (N-methyl/N-ethyl adjacent to an activating group) is 1. The van der Waals surface area contributed by atoms with Crippen molar-refractivity contribution >= 4 is 27.3 Å². The number of amides is 1. The van der Waals surface area contributed by atoms with Crippen LogP contribution in [0.2, 0.25) is 0 Å². The average molecular weight is 520 g/mol. The van der Waals surface area contributed by atoms with Crippen LogP contribution in [-0.2, 0) is 10.0 Å². The van der Waals surface area contributed by atoms with Crippen LogP contribution in [0.25, 0.3) is 0 Å². The first-order chi connectivity index (χ1) is 16.5. The molecule has 35 heavy (non-hydrogen) atoms. The highest BCUT2D eigenvalue weighted by atomic mass is 32.2. The summed E-state index contributed by atoms with van der Waals surface area (Å²) in [5.74, 6) is 6.19. The van der Waals surface area contributed by atoms with Crippen LogP contribution in [0.1, 0.15) is 50.0 Å². The number of rotatable bonds is 7. The topological polar surface area (TPSA) is 100 Å². The van der Waals surface area contributed by atoms with Crippen molar-refractivity contribution in [1.82, 2.24) is 14.2 Å². The van der Waals surface area contributed by atoms with E-state index in [2.05, 4.69) is 30.7 Å². The van der Waals surface area contributed by atoms with Crippen molar-refractivity contribution in [2.75, 3.05) is 26.7 Å². The van der Waals surface area contributed by atoms with E-state index >= 15 is 0 Å². The molecule has 0 bridgehead atoms. The van der Waals surface area contributed by atoms with Crippen LogP contribution in [0.4, 0.5) is 0 Å². The highest BCUT2D eigenvalue weighted by Crippen LogP contribution is 2.28.